The summed E-state index contributed by atoms with van der Waals surface area (Å²) in [7, 11) is 0. The van der Waals surface area contributed by atoms with E-state index in [9.17, 15) is 19.3 Å². The third-order valence-electron chi connectivity index (χ3n) is 2.45. The lowest BCUT2D eigenvalue weighted by Crippen LogP contribution is -2.35. The number of halogens is 1. The third-order valence-corrected chi connectivity index (χ3v) is 2.45. The maximum absolute atomic E-state index is 13.0. The fourth-order valence-electron chi connectivity index (χ4n) is 1.57. The number of carbonyl (C=O) groups excluding carboxylic acids is 1. The lowest BCUT2D eigenvalue weighted by atomic mass is 10.1. The number of nitrogens with zero attached hydrogens (tertiary/aromatic N) is 2. The Morgan fingerprint density at radius 2 is 2.22 bits per heavy atom. The molecule has 1 amide bonds. The number of nitro benzene ring substituents is 1. The van der Waals surface area contributed by atoms with E-state index in [0.29, 0.717) is 13.1 Å². The van der Waals surface area contributed by atoms with Crippen molar-refractivity contribution in [2.24, 2.45) is 5.73 Å². The number of rotatable bonds is 5. The van der Waals surface area contributed by atoms with Gasteiger partial charge in [-0.15, -0.1) is 0 Å². The quantitative estimate of drug-likeness (QED) is 0.631. The highest BCUT2D eigenvalue weighted by Crippen LogP contribution is 2.21. The molecule has 0 aliphatic heterocycles. The van der Waals surface area contributed by atoms with Crippen LogP contribution in [0.3, 0.4) is 0 Å². The highest BCUT2D eigenvalue weighted by atomic mass is 19.1. The van der Waals surface area contributed by atoms with E-state index < -0.39 is 22.3 Å². The summed E-state index contributed by atoms with van der Waals surface area (Å²) in [6.45, 7) is 2.67. The Morgan fingerprint density at radius 3 is 2.72 bits per heavy atom. The van der Waals surface area contributed by atoms with Crippen LogP contribution in [-0.4, -0.2) is 35.4 Å². The number of nitrogens with two attached hydrogens (primary N) is 1. The first-order valence-electron chi connectivity index (χ1n) is 5.44. The van der Waals surface area contributed by atoms with Crippen LogP contribution < -0.4 is 5.73 Å². The molecule has 2 N–H and O–H groups in total. The summed E-state index contributed by atoms with van der Waals surface area (Å²) < 4.78 is 13.0. The van der Waals surface area contributed by atoms with Crippen LogP contribution in [0.25, 0.3) is 0 Å². The Balaban J connectivity index is 3.15. The molecule has 6 nitrogen and oxygen atoms in total. The van der Waals surface area contributed by atoms with E-state index in [1.165, 1.54) is 4.90 Å². The normalized spacial score (nSPS) is 10.2. The van der Waals surface area contributed by atoms with Crippen molar-refractivity contribution >= 4 is 11.6 Å². The predicted molar refractivity (Wildman–Crippen MR) is 63.7 cm³/mol. The van der Waals surface area contributed by atoms with Crippen molar-refractivity contribution in [3.63, 3.8) is 0 Å². The Hall–Kier alpha value is -2.02. The zero-order valence-electron chi connectivity index (χ0n) is 9.93. The van der Waals surface area contributed by atoms with Gasteiger partial charge < -0.3 is 10.6 Å². The van der Waals surface area contributed by atoms with Gasteiger partial charge in [0.2, 0.25) is 0 Å². The van der Waals surface area contributed by atoms with Gasteiger partial charge in [0.05, 0.1) is 11.0 Å². The van der Waals surface area contributed by atoms with Gasteiger partial charge in [0.15, 0.2) is 0 Å². The molecule has 0 atom stereocenters. The van der Waals surface area contributed by atoms with Gasteiger partial charge in [0.1, 0.15) is 11.4 Å². The standard InChI is InChI=1S/C11H14FN3O3/c1-2-14(6-5-13)11(16)9-4-3-8(12)7-10(9)15(17)18/h3-4,7H,2,5-6,13H2,1H3. The zero-order valence-corrected chi connectivity index (χ0v) is 9.93. The van der Waals surface area contributed by atoms with E-state index in [1.54, 1.807) is 6.92 Å². The van der Waals surface area contributed by atoms with Crippen LogP contribution in [0.2, 0.25) is 0 Å². The number of hydrogen-bond donors (Lipinski definition) is 1. The summed E-state index contributed by atoms with van der Waals surface area (Å²) in [4.78, 5) is 23.4. The topological polar surface area (TPSA) is 89.5 Å². The van der Waals surface area contributed by atoms with Gasteiger partial charge in [0.25, 0.3) is 11.6 Å². The van der Waals surface area contributed by atoms with Crippen molar-refractivity contribution in [3.8, 4) is 0 Å². The molecule has 0 spiro atoms. The molecular weight excluding hydrogens is 241 g/mol. The first-order chi connectivity index (χ1) is 8.51. The molecule has 1 aromatic rings. The van der Waals surface area contributed by atoms with Crippen molar-refractivity contribution in [1.82, 2.24) is 4.90 Å². The van der Waals surface area contributed by atoms with Gasteiger partial charge in [0, 0.05) is 19.6 Å². The Bertz CT molecular complexity index is 465. The SMILES string of the molecule is CCN(CCN)C(=O)c1ccc(F)cc1[N+](=O)[O-]. The number of likely N-dealkylation sites (N-methyl/N-ethyl adjacent to an activating group) is 1. The molecule has 98 valence electrons. The molecule has 0 saturated heterocycles. The molecule has 7 heteroatoms. The van der Waals surface area contributed by atoms with E-state index in [1.807, 2.05) is 0 Å². The smallest absolute Gasteiger partial charge is 0.285 e. The minimum atomic E-state index is -0.771. The number of hydrogen-bond acceptors (Lipinski definition) is 4. The van der Waals surface area contributed by atoms with Gasteiger partial charge in [-0.25, -0.2) is 4.39 Å². The fraction of sp³-hybridized carbons (Fsp3) is 0.364. The van der Waals surface area contributed by atoms with Crippen LogP contribution in [-0.2, 0) is 0 Å². The maximum atomic E-state index is 13.0. The molecular formula is C11H14FN3O3. The molecule has 0 heterocycles. The summed E-state index contributed by atoms with van der Waals surface area (Å²) in [5, 5.41) is 10.8. The van der Waals surface area contributed by atoms with Gasteiger partial charge in [-0.2, -0.15) is 0 Å². The Labute approximate surface area is 103 Å². The minimum Gasteiger partial charge on any atom is -0.337 e. The first kappa shape index (κ1) is 14.0. The molecule has 0 aromatic heterocycles. The number of nitro groups is 1. The molecule has 18 heavy (non-hydrogen) atoms. The molecule has 0 aliphatic rings. The molecule has 0 fully saturated rings. The summed E-state index contributed by atoms with van der Waals surface area (Å²) in [5.74, 6) is -1.27. The monoisotopic (exact) mass is 255 g/mol. The summed E-state index contributed by atoms with van der Waals surface area (Å²) in [5.41, 5.74) is 4.70. The lowest BCUT2D eigenvalue weighted by Gasteiger charge is -2.19. The van der Waals surface area contributed by atoms with Crippen molar-refractivity contribution < 1.29 is 14.1 Å². The van der Waals surface area contributed by atoms with Gasteiger partial charge in [-0.3, -0.25) is 14.9 Å². The predicted octanol–water partition coefficient (Wildman–Crippen LogP) is 1.15. The van der Waals surface area contributed by atoms with Crippen LogP contribution in [0.5, 0.6) is 0 Å². The van der Waals surface area contributed by atoms with E-state index in [2.05, 4.69) is 0 Å². The molecule has 0 aliphatic carbocycles. The molecule has 1 aromatic carbocycles. The molecule has 0 unspecified atom stereocenters. The molecule has 1 rings (SSSR count). The minimum absolute atomic E-state index is 0.128. The number of carbonyl (C=O) groups is 1. The zero-order chi connectivity index (χ0) is 13.7. The second kappa shape index (κ2) is 6.06. The summed E-state index contributed by atoms with van der Waals surface area (Å²) in [6, 6.07) is 2.88. The van der Waals surface area contributed by atoms with E-state index in [4.69, 9.17) is 5.73 Å². The third kappa shape index (κ3) is 3.01. The molecule has 0 bridgehead atoms. The summed E-state index contributed by atoms with van der Waals surface area (Å²) in [6.07, 6.45) is 0. The molecule has 0 radical (unpaired) electrons. The fourth-order valence-corrected chi connectivity index (χ4v) is 1.57. The average molecular weight is 255 g/mol. The van der Waals surface area contributed by atoms with E-state index >= 15 is 0 Å². The van der Waals surface area contributed by atoms with Crippen LogP contribution in [0.4, 0.5) is 10.1 Å². The average Bonchev–Trinajstić information content (AvgIpc) is 2.35. The Kier molecular flexibility index (Phi) is 4.73. The first-order valence-corrected chi connectivity index (χ1v) is 5.44. The van der Waals surface area contributed by atoms with Crippen molar-refractivity contribution in [3.05, 3.63) is 39.7 Å². The second-order valence-corrected chi connectivity index (χ2v) is 3.59. The van der Waals surface area contributed by atoms with Gasteiger partial charge >= 0.3 is 0 Å². The number of benzene rings is 1. The van der Waals surface area contributed by atoms with Crippen molar-refractivity contribution in [2.75, 3.05) is 19.6 Å². The highest BCUT2D eigenvalue weighted by molar-refractivity contribution is 5.98. The maximum Gasteiger partial charge on any atom is 0.285 e. The van der Waals surface area contributed by atoms with Gasteiger partial charge in [-0.1, -0.05) is 0 Å². The van der Waals surface area contributed by atoms with Crippen LogP contribution in [0, 0.1) is 15.9 Å². The second-order valence-electron chi connectivity index (χ2n) is 3.59. The number of amides is 1. The van der Waals surface area contributed by atoms with E-state index in [0.717, 1.165) is 18.2 Å². The highest BCUT2D eigenvalue weighted by Gasteiger charge is 2.24. The Morgan fingerprint density at radius 1 is 1.56 bits per heavy atom. The van der Waals surface area contributed by atoms with Crippen molar-refractivity contribution in [1.29, 1.82) is 0 Å². The van der Waals surface area contributed by atoms with Crippen LogP contribution >= 0.6 is 0 Å². The van der Waals surface area contributed by atoms with Crippen LogP contribution in [0.15, 0.2) is 18.2 Å². The van der Waals surface area contributed by atoms with Crippen LogP contribution in [0.1, 0.15) is 17.3 Å². The lowest BCUT2D eigenvalue weighted by molar-refractivity contribution is -0.385. The molecule has 0 saturated carbocycles. The van der Waals surface area contributed by atoms with Gasteiger partial charge in [-0.05, 0) is 19.1 Å². The largest absolute Gasteiger partial charge is 0.337 e. The summed E-state index contributed by atoms with van der Waals surface area (Å²) >= 11 is 0. The van der Waals surface area contributed by atoms with Crippen molar-refractivity contribution in [2.45, 2.75) is 6.92 Å². The van der Waals surface area contributed by atoms with E-state index in [-0.39, 0.29) is 12.1 Å².